The number of hydrogen-bond acceptors (Lipinski definition) is 3. The van der Waals surface area contributed by atoms with Crippen molar-refractivity contribution >= 4 is 0 Å². The number of benzene rings is 2. The molecule has 1 aliphatic rings. The summed E-state index contributed by atoms with van der Waals surface area (Å²) in [5, 5.41) is 10.3. The van der Waals surface area contributed by atoms with Gasteiger partial charge in [-0.25, -0.2) is 0 Å². The van der Waals surface area contributed by atoms with E-state index in [1.807, 2.05) is 24.3 Å². The maximum absolute atomic E-state index is 10.3. The number of hydrogen-bond donors (Lipinski definition) is 2. The molecule has 0 saturated carbocycles. The minimum atomic E-state index is -0.471. The van der Waals surface area contributed by atoms with Gasteiger partial charge in [0, 0.05) is 18.1 Å². The highest BCUT2D eigenvalue weighted by Crippen LogP contribution is 2.18. The standard InChI is InChI=1S/C19H23NO3/c1-22-18-7-4-8-19(11-18)23-14-17(21)13-20-10-9-15-5-2-3-6-16(15)12-20/h2-8,11,17,21H,9-10,12-14H2,1H3/p+1/t17-/m0/s1. The number of rotatable bonds is 6. The lowest BCUT2D eigenvalue weighted by Gasteiger charge is -2.27. The maximum atomic E-state index is 10.3. The Bertz CT molecular complexity index is 644. The zero-order chi connectivity index (χ0) is 16.1. The van der Waals surface area contributed by atoms with E-state index in [-0.39, 0.29) is 0 Å². The van der Waals surface area contributed by atoms with Gasteiger partial charge in [-0.2, -0.15) is 0 Å². The largest absolute Gasteiger partial charge is 0.497 e. The van der Waals surface area contributed by atoms with E-state index in [1.165, 1.54) is 16.0 Å². The van der Waals surface area contributed by atoms with Gasteiger partial charge in [-0.15, -0.1) is 0 Å². The number of aliphatic hydroxyl groups excluding tert-OH is 1. The summed E-state index contributed by atoms with van der Waals surface area (Å²) in [4.78, 5) is 1.41. The Kier molecular flexibility index (Phi) is 5.16. The van der Waals surface area contributed by atoms with E-state index in [9.17, 15) is 5.11 Å². The van der Waals surface area contributed by atoms with Gasteiger partial charge in [0.1, 0.15) is 37.3 Å². The Morgan fingerprint density at radius 3 is 2.70 bits per heavy atom. The quantitative estimate of drug-likeness (QED) is 0.838. The van der Waals surface area contributed by atoms with Crippen LogP contribution in [0.2, 0.25) is 0 Å². The first-order valence-corrected chi connectivity index (χ1v) is 8.10. The summed E-state index contributed by atoms with van der Waals surface area (Å²) in [5.74, 6) is 1.48. The minimum absolute atomic E-state index is 0.304. The first-order chi connectivity index (χ1) is 11.2. The first kappa shape index (κ1) is 15.8. The van der Waals surface area contributed by atoms with E-state index in [1.54, 1.807) is 7.11 Å². The molecule has 2 aromatic rings. The molecule has 3 rings (SSSR count). The fraction of sp³-hybridized carbons (Fsp3) is 0.368. The molecular formula is C19H24NO3+. The van der Waals surface area contributed by atoms with Crippen molar-refractivity contribution < 1.29 is 19.5 Å². The van der Waals surface area contributed by atoms with Crippen LogP contribution in [0, 0.1) is 0 Å². The summed E-state index contributed by atoms with van der Waals surface area (Å²) < 4.78 is 10.8. The fourth-order valence-corrected chi connectivity index (χ4v) is 3.09. The molecule has 0 amide bonds. The van der Waals surface area contributed by atoms with Crippen LogP contribution in [0.3, 0.4) is 0 Å². The Balaban J connectivity index is 1.49. The third kappa shape index (κ3) is 4.24. The second-order valence-electron chi connectivity index (χ2n) is 6.04. The second kappa shape index (κ2) is 7.49. The predicted octanol–water partition coefficient (Wildman–Crippen LogP) is 1.08. The maximum Gasteiger partial charge on any atom is 0.137 e. The molecule has 0 radical (unpaired) electrons. The Hall–Kier alpha value is -2.04. The van der Waals surface area contributed by atoms with Gasteiger partial charge in [-0.3, -0.25) is 0 Å². The highest BCUT2D eigenvalue weighted by molar-refractivity contribution is 5.32. The molecule has 0 bridgehead atoms. The fourth-order valence-electron chi connectivity index (χ4n) is 3.09. The lowest BCUT2D eigenvalue weighted by Crippen LogP contribution is -3.13. The molecule has 0 spiro atoms. The number of fused-ring (bicyclic) bond motifs is 1. The highest BCUT2D eigenvalue weighted by Gasteiger charge is 2.21. The van der Waals surface area contributed by atoms with Gasteiger partial charge in [-0.05, 0) is 17.7 Å². The van der Waals surface area contributed by atoms with E-state index in [0.29, 0.717) is 13.2 Å². The molecule has 2 aromatic carbocycles. The lowest BCUT2D eigenvalue weighted by molar-refractivity contribution is -0.918. The highest BCUT2D eigenvalue weighted by atomic mass is 16.5. The van der Waals surface area contributed by atoms with Gasteiger partial charge in [0.15, 0.2) is 0 Å². The summed E-state index contributed by atoms with van der Waals surface area (Å²) in [6, 6.07) is 16.0. The lowest BCUT2D eigenvalue weighted by atomic mass is 10.00. The number of quaternary nitrogens is 1. The first-order valence-electron chi connectivity index (χ1n) is 8.10. The van der Waals surface area contributed by atoms with Crippen LogP contribution in [-0.2, 0) is 13.0 Å². The second-order valence-corrected chi connectivity index (χ2v) is 6.04. The minimum Gasteiger partial charge on any atom is -0.497 e. The van der Waals surface area contributed by atoms with Gasteiger partial charge < -0.3 is 19.5 Å². The van der Waals surface area contributed by atoms with Crippen molar-refractivity contribution in [1.29, 1.82) is 0 Å². The summed E-state index contributed by atoms with van der Waals surface area (Å²) in [6.07, 6.45) is 0.607. The zero-order valence-corrected chi connectivity index (χ0v) is 13.5. The average molecular weight is 314 g/mol. The number of ether oxygens (including phenoxy) is 2. The topological polar surface area (TPSA) is 43.1 Å². The molecule has 23 heavy (non-hydrogen) atoms. The van der Waals surface area contributed by atoms with E-state index in [4.69, 9.17) is 9.47 Å². The third-order valence-electron chi connectivity index (χ3n) is 4.31. The number of aliphatic hydroxyl groups is 1. The summed E-state index contributed by atoms with van der Waals surface area (Å²) >= 11 is 0. The monoisotopic (exact) mass is 314 g/mol. The van der Waals surface area contributed by atoms with Crippen molar-refractivity contribution in [3.05, 3.63) is 59.7 Å². The van der Waals surface area contributed by atoms with Crippen LogP contribution in [0.1, 0.15) is 11.1 Å². The molecule has 1 aliphatic heterocycles. The van der Waals surface area contributed by atoms with Crippen molar-refractivity contribution in [2.45, 2.75) is 19.1 Å². The number of methoxy groups -OCH3 is 1. The molecule has 2 N–H and O–H groups in total. The van der Waals surface area contributed by atoms with Crippen LogP contribution in [0.4, 0.5) is 0 Å². The summed E-state index contributed by atoms with van der Waals surface area (Å²) in [7, 11) is 1.63. The van der Waals surface area contributed by atoms with Crippen molar-refractivity contribution in [1.82, 2.24) is 0 Å². The molecule has 0 fully saturated rings. The molecule has 2 atom stereocenters. The van der Waals surface area contributed by atoms with Crippen LogP contribution in [-0.4, -0.2) is 38.0 Å². The molecule has 122 valence electrons. The molecule has 4 heteroatoms. The van der Waals surface area contributed by atoms with Crippen LogP contribution >= 0.6 is 0 Å². The summed E-state index contributed by atoms with van der Waals surface area (Å²) in [6.45, 7) is 3.05. The SMILES string of the molecule is COc1cccc(OC[C@@H](O)C[NH+]2CCc3ccccc3C2)c1. The average Bonchev–Trinajstić information content (AvgIpc) is 2.60. The molecule has 0 aliphatic carbocycles. The normalized spacial score (nSPS) is 18.1. The molecule has 1 unspecified atom stereocenters. The Morgan fingerprint density at radius 2 is 1.87 bits per heavy atom. The Labute approximate surface area is 137 Å². The molecular weight excluding hydrogens is 290 g/mol. The molecule has 4 nitrogen and oxygen atoms in total. The van der Waals surface area contributed by atoms with Crippen LogP contribution in [0.25, 0.3) is 0 Å². The molecule has 1 heterocycles. The smallest absolute Gasteiger partial charge is 0.137 e. The van der Waals surface area contributed by atoms with Crippen molar-refractivity contribution in [2.24, 2.45) is 0 Å². The molecule has 0 saturated heterocycles. The zero-order valence-electron chi connectivity index (χ0n) is 13.5. The van der Waals surface area contributed by atoms with Crippen LogP contribution < -0.4 is 14.4 Å². The van der Waals surface area contributed by atoms with Gasteiger partial charge in [0.2, 0.25) is 0 Å². The van der Waals surface area contributed by atoms with Crippen molar-refractivity contribution in [2.75, 3.05) is 26.8 Å². The van der Waals surface area contributed by atoms with Gasteiger partial charge >= 0.3 is 0 Å². The van der Waals surface area contributed by atoms with E-state index in [0.717, 1.165) is 31.0 Å². The van der Waals surface area contributed by atoms with Crippen LogP contribution in [0.15, 0.2) is 48.5 Å². The Morgan fingerprint density at radius 1 is 1.09 bits per heavy atom. The number of nitrogens with one attached hydrogen (secondary N) is 1. The van der Waals surface area contributed by atoms with Crippen LogP contribution in [0.5, 0.6) is 11.5 Å². The van der Waals surface area contributed by atoms with E-state index in [2.05, 4.69) is 24.3 Å². The van der Waals surface area contributed by atoms with Gasteiger partial charge in [0.05, 0.1) is 13.7 Å². The van der Waals surface area contributed by atoms with E-state index < -0.39 is 6.10 Å². The third-order valence-corrected chi connectivity index (χ3v) is 4.31. The molecule has 0 aromatic heterocycles. The van der Waals surface area contributed by atoms with Gasteiger partial charge in [-0.1, -0.05) is 30.3 Å². The van der Waals surface area contributed by atoms with Crippen molar-refractivity contribution in [3.63, 3.8) is 0 Å². The van der Waals surface area contributed by atoms with Crippen molar-refractivity contribution in [3.8, 4) is 11.5 Å². The van der Waals surface area contributed by atoms with E-state index >= 15 is 0 Å². The predicted molar refractivity (Wildman–Crippen MR) is 89.0 cm³/mol. The van der Waals surface area contributed by atoms with Gasteiger partial charge in [0.25, 0.3) is 0 Å². The summed E-state index contributed by atoms with van der Waals surface area (Å²) in [5.41, 5.74) is 2.84.